The molecule has 2 saturated carbocycles. The van der Waals surface area contributed by atoms with E-state index in [1.165, 1.54) is 57.8 Å². The van der Waals surface area contributed by atoms with Gasteiger partial charge in [0, 0.05) is 33.9 Å². The van der Waals surface area contributed by atoms with Gasteiger partial charge < -0.3 is 5.32 Å². The smallest absolute Gasteiger partial charge is 0.0362 e. The summed E-state index contributed by atoms with van der Waals surface area (Å²) >= 11 is 0. The molecule has 2 aliphatic rings. The highest BCUT2D eigenvalue weighted by Gasteiger charge is 2.27. The van der Waals surface area contributed by atoms with E-state index in [0.29, 0.717) is 11.3 Å². The Bertz CT molecular complexity index is 261. The Labute approximate surface area is 115 Å². The Morgan fingerprint density at radius 2 is 1.61 bits per heavy atom. The summed E-state index contributed by atoms with van der Waals surface area (Å²) in [7, 11) is -0.584. The van der Waals surface area contributed by atoms with Crippen LogP contribution in [0.4, 0.5) is 0 Å². The second-order valence-corrected chi connectivity index (χ2v) is 8.02. The molecule has 106 valence electrons. The van der Waals surface area contributed by atoms with Crippen LogP contribution in [-0.2, 0) is 10.8 Å². The van der Waals surface area contributed by atoms with Crippen LogP contribution >= 0.6 is 0 Å². The van der Waals surface area contributed by atoms with Crippen molar-refractivity contribution in [3.63, 3.8) is 0 Å². The Morgan fingerprint density at radius 1 is 0.944 bits per heavy atom. The molecule has 2 nitrogen and oxygen atoms in total. The molecule has 0 aliphatic heterocycles. The van der Waals surface area contributed by atoms with E-state index in [1.807, 2.05) is 0 Å². The maximum Gasteiger partial charge on any atom is 0.0362 e. The van der Waals surface area contributed by atoms with Crippen LogP contribution in [-0.4, -0.2) is 27.3 Å². The van der Waals surface area contributed by atoms with Gasteiger partial charge >= 0.3 is 0 Å². The van der Waals surface area contributed by atoms with Gasteiger partial charge in [-0.2, -0.15) is 0 Å². The van der Waals surface area contributed by atoms with E-state index in [2.05, 4.69) is 12.2 Å². The summed E-state index contributed by atoms with van der Waals surface area (Å²) in [6, 6.07) is 1.38. The van der Waals surface area contributed by atoms with E-state index in [1.54, 1.807) is 0 Å². The molecule has 0 saturated heterocycles. The zero-order valence-corrected chi connectivity index (χ0v) is 12.6. The van der Waals surface area contributed by atoms with Crippen LogP contribution in [0.2, 0.25) is 0 Å². The largest absolute Gasteiger partial charge is 0.311 e. The number of hydrogen-bond donors (Lipinski definition) is 1. The first-order valence-electron chi connectivity index (χ1n) is 7.92. The van der Waals surface area contributed by atoms with Crippen LogP contribution in [0, 0.1) is 0 Å². The Balaban J connectivity index is 1.79. The predicted octanol–water partition coefficient (Wildman–Crippen LogP) is 3.38. The molecule has 18 heavy (non-hydrogen) atoms. The van der Waals surface area contributed by atoms with Gasteiger partial charge in [0.25, 0.3) is 0 Å². The van der Waals surface area contributed by atoms with Gasteiger partial charge in [0.15, 0.2) is 0 Å². The normalized spacial score (nSPS) is 32.9. The van der Waals surface area contributed by atoms with Gasteiger partial charge in [-0.05, 0) is 32.1 Å². The maximum atomic E-state index is 11.9. The molecule has 0 aromatic rings. The Morgan fingerprint density at radius 3 is 2.28 bits per heavy atom. The third-order valence-electron chi connectivity index (χ3n) is 4.61. The van der Waals surface area contributed by atoms with E-state index < -0.39 is 10.8 Å². The molecule has 1 N–H and O–H groups in total. The van der Waals surface area contributed by atoms with Crippen LogP contribution < -0.4 is 5.32 Å². The highest BCUT2D eigenvalue weighted by Crippen LogP contribution is 2.25. The third kappa shape index (κ3) is 4.34. The number of rotatable bonds is 4. The van der Waals surface area contributed by atoms with Crippen LogP contribution in [0.15, 0.2) is 0 Å². The fraction of sp³-hybridized carbons (Fsp3) is 1.00. The second kappa shape index (κ2) is 7.64. The Hall–Kier alpha value is 0.110. The maximum absolute atomic E-state index is 11.9. The molecule has 0 aromatic heterocycles. The van der Waals surface area contributed by atoms with Crippen molar-refractivity contribution in [2.45, 2.75) is 88.5 Å². The topological polar surface area (TPSA) is 29.1 Å². The van der Waals surface area contributed by atoms with Crippen molar-refractivity contribution in [3.8, 4) is 0 Å². The first kappa shape index (κ1) is 14.5. The predicted molar refractivity (Wildman–Crippen MR) is 79.4 cm³/mol. The monoisotopic (exact) mass is 271 g/mol. The fourth-order valence-corrected chi connectivity index (χ4v) is 4.90. The van der Waals surface area contributed by atoms with Crippen molar-refractivity contribution in [1.82, 2.24) is 5.32 Å². The molecule has 2 fully saturated rings. The standard InChI is InChI=1S/C15H29NOS/c1-2-18(17)15-11-7-10-14(12-15)16-13-8-5-3-4-6-9-13/h13-16H,2-12H2,1H3/t14-,15+,18+/m0/s1. The SMILES string of the molecule is CC[S@@](=O)[C@@H]1CCC[C@H](NC2CCCCCC2)C1. The first-order valence-corrected chi connectivity index (χ1v) is 9.31. The van der Waals surface area contributed by atoms with Crippen molar-refractivity contribution in [2.24, 2.45) is 0 Å². The summed E-state index contributed by atoms with van der Waals surface area (Å²) in [5.74, 6) is 0.834. The first-order chi connectivity index (χ1) is 8.79. The van der Waals surface area contributed by atoms with Gasteiger partial charge in [0.2, 0.25) is 0 Å². The molecule has 3 atom stereocenters. The van der Waals surface area contributed by atoms with Crippen molar-refractivity contribution >= 4 is 10.8 Å². The average Bonchev–Trinajstić information content (AvgIpc) is 2.67. The van der Waals surface area contributed by atoms with Gasteiger partial charge in [-0.25, -0.2) is 0 Å². The summed E-state index contributed by atoms with van der Waals surface area (Å²) in [6.07, 6.45) is 13.3. The van der Waals surface area contributed by atoms with Crippen molar-refractivity contribution in [1.29, 1.82) is 0 Å². The molecule has 0 bridgehead atoms. The van der Waals surface area contributed by atoms with Crippen molar-refractivity contribution < 1.29 is 4.21 Å². The summed E-state index contributed by atoms with van der Waals surface area (Å²) < 4.78 is 11.9. The number of hydrogen-bond acceptors (Lipinski definition) is 2. The summed E-state index contributed by atoms with van der Waals surface area (Å²) in [6.45, 7) is 2.05. The molecular weight excluding hydrogens is 242 g/mol. The van der Waals surface area contributed by atoms with Gasteiger partial charge in [-0.1, -0.05) is 39.0 Å². The lowest BCUT2D eigenvalue weighted by Crippen LogP contribution is -2.43. The second-order valence-electron chi connectivity index (χ2n) is 6.01. The minimum atomic E-state index is -0.584. The molecular formula is C15H29NOS. The fourth-order valence-electron chi connectivity index (χ4n) is 3.55. The summed E-state index contributed by atoms with van der Waals surface area (Å²) in [5.41, 5.74) is 0. The highest BCUT2D eigenvalue weighted by atomic mass is 32.2. The molecule has 2 aliphatic carbocycles. The molecule has 0 amide bonds. The molecule has 2 rings (SSSR count). The summed E-state index contributed by atoms with van der Waals surface area (Å²) in [4.78, 5) is 0. The summed E-state index contributed by atoms with van der Waals surface area (Å²) in [5, 5.41) is 4.34. The average molecular weight is 271 g/mol. The van der Waals surface area contributed by atoms with Crippen LogP contribution in [0.5, 0.6) is 0 Å². The van der Waals surface area contributed by atoms with Gasteiger partial charge in [-0.3, -0.25) is 4.21 Å². The molecule has 0 radical (unpaired) electrons. The van der Waals surface area contributed by atoms with E-state index in [0.717, 1.165) is 18.2 Å². The molecule has 0 aromatic carbocycles. The lowest BCUT2D eigenvalue weighted by Gasteiger charge is -2.32. The highest BCUT2D eigenvalue weighted by molar-refractivity contribution is 7.85. The minimum Gasteiger partial charge on any atom is -0.311 e. The minimum absolute atomic E-state index is 0.465. The van der Waals surface area contributed by atoms with Crippen molar-refractivity contribution in [3.05, 3.63) is 0 Å². The van der Waals surface area contributed by atoms with Gasteiger partial charge in [-0.15, -0.1) is 0 Å². The van der Waals surface area contributed by atoms with Gasteiger partial charge in [0.05, 0.1) is 0 Å². The lowest BCUT2D eigenvalue weighted by atomic mass is 9.93. The molecule has 0 unspecified atom stereocenters. The van der Waals surface area contributed by atoms with E-state index in [-0.39, 0.29) is 0 Å². The van der Waals surface area contributed by atoms with E-state index >= 15 is 0 Å². The molecule has 0 spiro atoms. The third-order valence-corrected chi connectivity index (χ3v) is 6.35. The number of nitrogens with one attached hydrogen (secondary N) is 1. The van der Waals surface area contributed by atoms with Crippen molar-refractivity contribution in [2.75, 3.05) is 5.75 Å². The lowest BCUT2D eigenvalue weighted by molar-refractivity contribution is 0.323. The van der Waals surface area contributed by atoms with Crippen LogP contribution in [0.25, 0.3) is 0 Å². The van der Waals surface area contributed by atoms with Gasteiger partial charge in [0.1, 0.15) is 0 Å². The molecule has 3 heteroatoms. The Kier molecular flexibility index (Phi) is 6.16. The van der Waals surface area contributed by atoms with E-state index in [9.17, 15) is 4.21 Å². The zero-order chi connectivity index (χ0) is 12.8. The van der Waals surface area contributed by atoms with E-state index in [4.69, 9.17) is 0 Å². The molecule has 0 heterocycles. The van der Waals surface area contributed by atoms with Crippen LogP contribution in [0.1, 0.15) is 71.1 Å². The quantitative estimate of drug-likeness (QED) is 0.794. The van der Waals surface area contributed by atoms with Crippen LogP contribution in [0.3, 0.4) is 0 Å². The zero-order valence-electron chi connectivity index (χ0n) is 11.8.